The van der Waals surface area contributed by atoms with Crippen LogP contribution in [0.25, 0.3) is 0 Å². The van der Waals surface area contributed by atoms with E-state index < -0.39 is 12.0 Å². The maximum Gasteiger partial charge on any atom is 0.320 e. The zero-order chi connectivity index (χ0) is 12.4. The molecule has 0 radical (unpaired) electrons. The number of hydrogen-bond acceptors (Lipinski definition) is 2. The lowest BCUT2D eigenvalue weighted by Gasteiger charge is -2.21. The fourth-order valence-corrected chi connectivity index (χ4v) is 2.39. The topological polar surface area (TPSA) is 40.5 Å². The van der Waals surface area contributed by atoms with Gasteiger partial charge in [-0.05, 0) is 37.1 Å². The molecule has 1 aliphatic heterocycles. The van der Waals surface area contributed by atoms with Gasteiger partial charge in [-0.15, -0.1) is 0 Å². The molecule has 92 valence electrons. The van der Waals surface area contributed by atoms with E-state index in [4.69, 9.17) is 16.7 Å². The highest BCUT2D eigenvalue weighted by molar-refractivity contribution is 6.31. The number of carboxylic acid groups (broad SMARTS) is 1. The Balaban J connectivity index is 2.12. The number of carbonyl (C=O) groups is 1. The third-order valence-corrected chi connectivity index (χ3v) is 3.39. The third kappa shape index (κ3) is 2.76. The summed E-state index contributed by atoms with van der Waals surface area (Å²) >= 11 is 5.92. The largest absolute Gasteiger partial charge is 0.480 e. The fourth-order valence-electron chi connectivity index (χ4n) is 2.16. The Kier molecular flexibility index (Phi) is 3.64. The molecule has 5 heteroatoms. The number of carboxylic acids is 1. The fraction of sp³-hybridized carbons (Fsp3) is 0.417. The maximum absolute atomic E-state index is 12.9. The number of aliphatic carboxylic acids is 1. The summed E-state index contributed by atoms with van der Waals surface area (Å²) in [6.07, 6.45) is 1.53. The lowest BCUT2D eigenvalue weighted by molar-refractivity contribution is -0.142. The first-order chi connectivity index (χ1) is 8.08. The highest BCUT2D eigenvalue weighted by Crippen LogP contribution is 2.24. The van der Waals surface area contributed by atoms with Gasteiger partial charge in [-0.25, -0.2) is 4.39 Å². The van der Waals surface area contributed by atoms with Crippen molar-refractivity contribution in [2.45, 2.75) is 25.4 Å². The number of nitrogens with zero attached hydrogens (tertiary/aromatic N) is 1. The van der Waals surface area contributed by atoms with E-state index in [-0.39, 0.29) is 5.82 Å². The zero-order valence-corrected chi connectivity index (χ0v) is 9.95. The smallest absolute Gasteiger partial charge is 0.320 e. The van der Waals surface area contributed by atoms with E-state index >= 15 is 0 Å². The van der Waals surface area contributed by atoms with Crippen LogP contribution in [0.15, 0.2) is 18.2 Å². The molecular weight excluding hydrogens is 245 g/mol. The Morgan fingerprint density at radius 2 is 2.35 bits per heavy atom. The van der Waals surface area contributed by atoms with Gasteiger partial charge in [0.2, 0.25) is 0 Å². The van der Waals surface area contributed by atoms with E-state index in [1.54, 1.807) is 6.07 Å². The second-order valence-corrected chi connectivity index (χ2v) is 4.61. The van der Waals surface area contributed by atoms with Crippen LogP contribution in [0, 0.1) is 5.82 Å². The normalized spacial score (nSPS) is 20.7. The molecule has 1 heterocycles. The summed E-state index contributed by atoms with van der Waals surface area (Å²) in [6, 6.07) is 3.75. The van der Waals surface area contributed by atoms with E-state index in [0.717, 1.165) is 18.5 Å². The van der Waals surface area contributed by atoms with Crippen LogP contribution in [-0.4, -0.2) is 28.6 Å². The van der Waals surface area contributed by atoms with Crippen molar-refractivity contribution in [3.05, 3.63) is 34.6 Å². The molecule has 0 spiro atoms. The summed E-state index contributed by atoms with van der Waals surface area (Å²) in [7, 11) is 0. The van der Waals surface area contributed by atoms with E-state index in [0.29, 0.717) is 18.0 Å². The van der Waals surface area contributed by atoms with Gasteiger partial charge in [-0.1, -0.05) is 17.7 Å². The van der Waals surface area contributed by atoms with Crippen molar-refractivity contribution in [2.75, 3.05) is 6.54 Å². The number of rotatable bonds is 3. The van der Waals surface area contributed by atoms with Crippen LogP contribution in [0.5, 0.6) is 0 Å². The van der Waals surface area contributed by atoms with Gasteiger partial charge in [-0.2, -0.15) is 0 Å². The summed E-state index contributed by atoms with van der Waals surface area (Å²) < 4.78 is 12.9. The number of likely N-dealkylation sites (tertiary alicyclic amines) is 1. The van der Waals surface area contributed by atoms with Crippen LogP contribution < -0.4 is 0 Å². The van der Waals surface area contributed by atoms with Crippen molar-refractivity contribution in [1.82, 2.24) is 4.90 Å². The predicted octanol–water partition coefficient (Wildman–Crippen LogP) is 2.53. The van der Waals surface area contributed by atoms with E-state index in [2.05, 4.69) is 0 Å². The first-order valence-electron chi connectivity index (χ1n) is 5.48. The molecule has 1 atom stereocenters. The van der Waals surface area contributed by atoms with Crippen molar-refractivity contribution in [3.8, 4) is 0 Å². The molecule has 17 heavy (non-hydrogen) atoms. The standard InChI is InChI=1S/C12H13ClFNO2/c13-10-6-9(14)4-3-8(10)7-15-5-1-2-11(15)12(16)17/h3-4,6,11H,1-2,5,7H2,(H,16,17)/t11-/m0/s1. The molecule has 0 aliphatic carbocycles. The number of hydrogen-bond donors (Lipinski definition) is 1. The van der Waals surface area contributed by atoms with Crippen LogP contribution >= 0.6 is 11.6 Å². The van der Waals surface area contributed by atoms with Crippen molar-refractivity contribution in [1.29, 1.82) is 0 Å². The predicted molar refractivity (Wildman–Crippen MR) is 62.5 cm³/mol. The summed E-state index contributed by atoms with van der Waals surface area (Å²) in [4.78, 5) is 12.9. The molecule has 0 aromatic heterocycles. The summed E-state index contributed by atoms with van der Waals surface area (Å²) in [5.74, 6) is -1.18. The quantitative estimate of drug-likeness (QED) is 0.905. The first kappa shape index (κ1) is 12.3. The zero-order valence-electron chi connectivity index (χ0n) is 9.20. The van der Waals surface area contributed by atoms with E-state index in [1.807, 2.05) is 4.90 Å². The average Bonchev–Trinajstić information content (AvgIpc) is 2.70. The Bertz CT molecular complexity index is 439. The molecule has 3 nitrogen and oxygen atoms in total. The van der Waals surface area contributed by atoms with Crippen molar-refractivity contribution >= 4 is 17.6 Å². The van der Waals surface area contributed by atoms with Crippen LogP contribution in [0.4, 0.5) is 4.39 Å². The maximum atomic E-state index is 12.9. The molecule has 1 fully saturated rings. The molecule has 0 unspecified atom stereocenters. The van der Waals surface area contributed by atoms with Crippen molar-refractivity contribution < 1.29 is 14.3 Å². The minimum absolute atomic E-state index is 0.348. The van der Waals surface area contributed by atoms with Gasteiger partial charge in [-0.3, -0.25) is 9.69 Å². The molecular formula is C12H13ClFNO2. The lowest BCUT2D eigenvalue weighted by atomic mass is 10.2. The number of halogens is 2. The van der Waals surface area contributed by atoms with Crippen LogP contribution in [-0.2, 0) is 11.3 Å². The minimum Gasteiger partial charge on any atom is -0.480 e. The SMILES string of the molecule is O=C(O)[C@@H]1CCCN1Cc1ccc(F)cc1Cl. The van der Waals surface area contributed by atoms with Crippen molar-refractivity contribution in [2.24, 2.45) is 0 Å². The van der Waals surface area contributed by atoms with Gasteiger partial charge in [0.05, 0.1) is 0 Å². The molecule has 1 aromatic carbocycles. The summed E-state index contributed by atoms with van der Waals surface area (Å²) in [6.45, 7) is 1.20. The lowest BCUT2D eigenvalue weighted by Crippen LogP contribution is -2.35. The molecule has 2 rings (SSSR count). The Morgan fingerprint density at radius 1 is 1.59 bits per heavy atom. The highest BCUT2D eigenvalue weighted by atomic mass is 35.5. The van der Waals surface area contributed by atoms with Gasteiger partial charge in [0, 0.05) is 11.6 Å². The van der Waals surface area contributed by atoms with Gasteiger partial charge in [0.15, 0.2) is 0 Å². The highest BCUT2D eigenvalue weighted by Gasteiger charge is 2.30. The van der Waals surface area contributed by atoms with Gasteiger partial charge < -0.3 is 5.11 Å². The summed E-state index contributed by atoms with van der Waals surface area (Å²) in [5.41, 5.74) is 0.765. The minimum atomic E-state index is -0.805. The van der Waals surface area contributed by atoms with Gasteiger partial charge >= 0.3 is 5.97 Å². The van der Waals surface area contributed by atoms with Crippen LogP contribution in [0.1, 0.15) is 18.4 Å². The third-order valence-electron chi connectivity index (χ3n) is 3.04. The van der Waals surface area contributed by atoms with E-state index in [1.165, 1.54) is 12.1 Å². The average molecular weight is 258 g/mol. The Labute approximate surface area is 104 Å². The number of benzene rings is 1. The second-order valence-electron chi connectivity index (χ2n) is 4.20. The Hall–Kier alpha value is -1.13. The molecule has 1 saturated heterocycles. The molecule has 1 N–H and O–H groups in total. The molecule has 1 aromatic rings. The van der Waals surface area contributed by atoms with Crippen molar-refractivity contribution in [3.63, 3.8) is 0 Å². The van der Waals surface area contributed by atoms with Gasteiger partial charge in [0.25, 0.3) is 0 Å². The van der Waals surface area contributed by atoms with Crippen LogP contribution in [0.3, 0.4) is 0 Å². The Morgan fingerprint density at radius 3 is 3.00 bits per heavy atom. The van der Waals surface area contributed by atoms with Gasteiger partial charge in [0.1, 0.15) is 11.9 Å². The van der Waals surface area contributed by atoms with Crippen LogP contribution in [0.2, 0.25) is 5.02 Å². The van der Waals surface area contributed by atoms with E-state index in [9.17, 15) is 9.18 Å². The molecule has 0 saturated carbocycles. The summed E-state index contributed by atoms with van der Waals surface area (Å²) in [5, 5.41) is 9.39. The first-order valence-corrected chi connectivity index (χ1v) is 5.86. The molecule has 0 bridgehead atoms. The molecule has 1 aliphatic rings. The molecule has 0 amide bonds. The monoisotopic (exact) mass is 257 g/mol. The second kappa shape index (κ2) is 5.02.